The van der Waals surface area contributed by atoms with Gasteiger partial charge in [0.25, 0.3) is 10.1 Å². The van der Waals surface area contributed by atoms with Crippen LogP contribution in [-0.2, 0) is 20.7 Å². The van der Waals surface area contributed by atoms with E-state index in [1.807, 2.05) is 37.3 Å². The monoisotopic (exact) mass is 330 g/mol. The average Bonchev–Trinajstić information content (AvgIpc) is 2.46. The summed E-state index contributed by atoms with van der Waals surface area (Å²) in [5.41, 5.74) is 2.15. The molecule has 0 amide bonds. The van der Waals surface area contributed by atoms with Gasteiger partial charge in [0.2, 0.25) is 0 Å². The Morgan fingerprint density at radius 3 is 2.26 bits per heavy atom. The van der Waals surface area contributed by atoms with Crippen LogP contribution in [0.2, 0.25) is 0 Å². The van der Waals surface area contributed by atoms with Gasteiger partial charge in [-0.1, -0.05) is 54.4 Å². The van der Waals surface area contributed by atoms with Gasteiger partial charge in [-0.2, -0.15) is 8.42 Å². The Hall–Kier alpha value is -1.65. The fourth-order valence-corrected chi connectivity index (χ4v) is 3.99. The van der Waals surface area contributed by atoms with Crippen LogP contribution >= 0.6 is 0 Å². The zero-order chi connectivity index (χ0) is 16.3. The Morgan fingerprint density at radius 2 is 1.70 bits per heavy atom. The average molecular weight is 330 g/mol. The minimum atomic E-state index is -3.72. The van der Waals surface area contributed by atoms with Crippen molar-refractivity contribution in [2.75, 3.05) is 0 Å². The van der Waals surface area contributed by atoms with Gasteiger partial charge in [-0.25, -0.2) is 0 Å². The predicted octanol–water partition coefficient (Wildman–Crippen LogP) is 4.11. The lowest BCUT2D eigenvalue weighted by atomic mass is 9.79. The van der Waals surface area contributed by atoms with Crippen molar-refractivity contribution in [2.24, 2.45) is 5.92 Å². The minimum Gasteiger partial charge on any atom is -0.262 e. The Labute approximate surface area is 138 Å². The third kappa shape index (κ3) is 4.01. The van der Waals surface area contributed by atoms with E-state index in [0.29, 0.717) is 12.3 Å². The van der Waals surface area contributed by atoms with Gasteiger partial charge in [0.1, 0.15) is 0 Å². The second-order valence-electron chi connectivity index (χ2n) is 6.28. The van der Waals surface area contributed by atoms with E-state index >= 15 is 0 Å². The maximum Gasteiger partial charge on any atom is 0.297 e. The van der Waals surface area contributed by atoms with Crippen molar-refractivity contribution in [3.8, 4) is 0 Å². The molecule has 3 rings (SSSR count). The van der Waals surface area contributed by atoms with Crippen molar-refractivity contribution in [3.05, 3.63) is 65.7 Å². The first kappa shape index (κ1) is 16.2. The molecule has 1 saturated carbocycles. The smallest absolute Gasteiger partial charge is 0.262 e. The van der Waals surface area contributed by atoms with Gasteiger partial charge in [0.15, 0.2) is 0 Å². The van der Waals surface area contributed by atoms with Gasteiger partial charge in [0, 0.05) is 6.42 Å². The molecule has 2 aromatic rings. The third-order valence-electron chi connectivity index (χ3n) is 4.52. The number of benzene rings is 2. The lowest BCUT2D eigenvalue weighted by Gasteiger charge is -2.33. The van der Waals surface area contributed by atoms with Crippen LogP contribution in [0.1, 0.15) is 30.4 Å². The molecule has 4 heteroatoms. The van der Waals surface area contributed by atoms with Crippen LogP contribution in [0.25, 0.3) is 0 Å². The summed E-state index contributed by atoms with van der Waals surface area (Å²) < 4.78 is 30.8. The Kier molecular flexibility index (Phi) is 4.83. The topological polar surface area (TPSA) is 43.4 Å². The van der Waals surface area contributed by atoms with Crippen molar-refractivity contribution < 1.29 is 12.6 Å². The van der Waals surface area contributed by atoms with Crippen LogP contribution in [0.3, 0.4) is 0 Å². The van der Waals surface area contributed by atoms with Crippen LogP contribution in [-0.4, -0.2) is 14.5 Å². The highest BCUT2D eigenvalue weighted by molar-refractivity contribution is 7.86. The summed E-state index contributed by atoms with van der Waals surface area (Å²) in [6.45, 7) is 1.93. The first-order chi connectivity index (χ1) is 11.0. The van der Waals surface area contributed by atoms with Gasteiger partial charge in [-0.15, -0.1) is 0 Å². The van der Waals surface area contributed by atoms with Crippen LogP contribution in [0, 0.1) is 12.8 Å². The maximum atomic E-state index is 12.6. The van der Waals surface area contributed by atoms with E-state index in [1.54, 1.807) is 24.3 Å². The van der Waals surface area contributed by atoms with Crippen LogP contribution in [0.4, 0.5) is 0 Å². The molecular formula is C19H22O3S. The standard InChI is InChI=1S/C19H22O3S/c1-15-10-12-18(13-11-15)23(20,21)22-19(17-8-5-9-17)14-16-6-3-2-4-7-16/h2-4,6-7,10-13,17,19H,5,8-9,14H2,1H3. The van der Waals surface area contributed by atoms with E-state index in [9.17, 15) is 8.42 Å². The van der Waals surface area contributed by atoms with E-state index in [2.05, 4.69) is 0 Å². The Balaban J connectivity index is 1.78. The number of hydrogen-bond donors (Lipinski definition) is 0. The second-order valence-corrected chi connectivity index (χ2v) is 7.85. The molecule has 0 aromatic heterocycles. The highest BCUT2D eigenvalue weighted by atomic mass is 32.2. The number of rotatable bonds is 6. The molecule has 0 heterocycles. The third-order valence-corrected chi connectivity index (χ3v) is 5.87. The molecule has 1 aliphatic rings. The molecule has 3 nitrogen and oxygen atoms in total. The second kappa shape index (κ2) is 6.85. The highest BCUT2D eigenvalue weighted by Crippen LogP contribution is 2.34. The van der Waals surface area contributed by atoms with Crippen molar-refractivity contribution in [1.29, 1.82) is 0 Å². The molecule has 0 radical (unpaired) electrons. The lowest BCUT2D eigenvalue weighted by Crippen LogP contribution is -2.33. The van der Waals surface area contributed by atoms with E-state index in [1.165, 1.54) is 0 Å². The zero-order valence-corrected chi connectivity index (χ0v) is 14.1. The van der Waals surface area contributed by atoms with Gasteiger partial charge in [-0.3, -0.25) is 4.18 Å². The summed E-state index contributed by atoms with van der Waals surface area (Å²) in [4.78, 5) is 0.237. The lowest BCUT2D eigenvalue weighted by molar-refractivity contribution is 0.0899. The molecule has 0 spiro atoms. The van der Waals surface area contributed by atoms with Crippen molar-refractivity contribution in [1.82, 2.24) is 0 Å². The van der Waals surface area contributed by atoms with E-state index in [4.69, 9.17) is 4.18 Å². The molecule has 0 saturated heterocycles. The maximum absolute atomic E-state index is 12.6. The Morgan fingerprint density at radius 1 is 1.04 bits per heavy atom. The first-order valence-electron chi connectivity index (χ1n) is 8.08. The minimum absolute atomic E-state index is 0.237. The fraction of sp³-hybridized carbons (Fsp3) is 0.368. The predicted molar refractivity (Wildman–Crippen MR) is 90.7 cm³/mol. The SMILES string of the molecule is Cc1ccc(S(=O)(=O)OC(Cc2ccccc2)C2CCC2)cc1. The number of hydrogen-bond acceptors (Lipinski definition) is 3. The summed E-state index contributed by atoms with van der Waals surface area (Å²) in [6, 6.07) is 16.8. The van der Waals surface area contributed by atoms with Crippen molar-refractivity contribution in [2.45, 2.75) is 43.6 Å². The fourth-order valence-electron chi connectivity index (χ4n) is 2.86. The number of aryl methyl sites for hydroxylation is 1. The summed E-state index contributed by atoms with van der Waals surface area (Å²) in [6.07, 6.45) is 3.60. The molecule has 0 bridgehead atoms. The van der Waals surface area contributed by atoms with Crippen molar-refractivity contribution >= 4 is 10.1 Å². The quantitative estimate of drug-likeness (QED) is 0.749. The molecule has 1 atom stereocenters. The molecule has 0 N–H and O–H groups in total. The van der Waals surface area contributed by atoms with Gasteiger partial charge >= 0.3 is 0 Å². The molecule has 1 unspecified atom stereocenters. The summed E-state index contributed by atoms with van der Waals surface area (Å²) in [7, 11) is -3.72. The zero-order valence-electron chi connectivity index (χ0n) is 13.3. The van der Waals surface area contributed by atoms with E-state index in [0.717, 1.165) is 30.4 Å². The van der Waals surface area contributed by atoms with E-state index in [-0.39, 0.29) is 11.0 Å². The normalized spacial score (nSPS) is 16.7. The largest absolute Gasteiger partial charge is 0.297 e. The molecule has 1 fully saturated rings. The molecular weight excluding hydrogens is 308 g/mol. The van der Waals surface area contributed by atoms with Gasteiger partial charge < -0.3 is 0 Å². The van der Waals surface area contributed by atoms with Gasteiger partial charge in [0.05, 0.1) is 11.0 Å². The Bertz CT molecular complexity index is 732. The first-order valence-corrected chi connectivity index (χ1v) is 9.49. The molecule has 2 aromatic carbocycles. The highest BCUT2D eigenvalue weighted by Gasteiger charge is 2.32. The molecule has 1 aliphatic carbocycles. The summed E-state index contributed by atoms with van der Waals surface area (Å²) in [5, 5.41) is 0. The van der Waals surface area contributed by atoms with Crippen molar-refractivity contribution in [3.63, 3.8) is 0 Å². The van der Waals surface area contributed by atoms with E-state index < -0.39 is 10.1 Å². The molecule has 0 aliphatic heterocycles. The summed E-state index contributed by atoms with van der Waals surface area (Å²) in [5.74, 6) is 0.329. The summed E-state index contributed by atoms with van der Waals surface area (Å²) >= 11 is 0. The molecule has 122 valence electrons. The van der Waals surface area contributed by atoms with Crippen LogP contribution < -0.4 is 0 Å². The van der Waals surface area contributed by atoms with Gasteiger partial charge in [-0.05, 0) is 43.4 Å². The molecule has 23 heavy (non-hydrogen) atoms. The van der Waals surface area contributed by atoms with Crippen LogP contribution in [0.5, 0.6) is 0 Å². The van der Waals surface area contributed by atoms with Crippen LogP contribution in [0.15, 0.2) is 59.5 Å².